The molecule has 2 aliphatic rings. The van der Waals surface area contributed by atoms with E-state index in [9.17, 15) is 0 Å². The Labute approximate surface area is 125 Å². The molecule has 1 fully saturated rings. The first-order valence-corrected chi connectivity index (χ1v) is 7.76. The van der Waals surface area contributed by atoms with Gasteiger partial charge in [0.05, 0.1) is 22.8 Å². The first kappa shape index (κ1) is 13.7. The van der Waals surface area contributed by atoms with Crippen molar-refractivity contribution in [3.05, 3.63) is 29.3 Å². The standard InChI is InChI=1S/C16H22ClN3/c1-11-7-8-16(9-12(11)2)10-19-15(18)20(16)14-6-4-3-5-13(14)17/h3-6,11-12H,7-10H2,1-2H3,(H2,18,19). The third-order valence-electron chi connectivity index (χ3n) is 5.07. The van der Waals surface area contributed by atoms with Crippen LogP contribution in [-0.4, -0.2) is 18.0 Å². The van der Waals surface area contributed by atoms with E-state index in [1.54, 1.807) is 0 Å². The van der Waals surface area contributed by atoms with Gasteiger partial charge in [0.15, 0.2) is 5.96 Å². The van der Waals surface area contributed by atoms with Crippen LogP contribution in [0, 0.1) is 11.8 Å². The smallest absolute Gasteiger partial charge is 0.196 e. The second-order valence-electron chi connectivity index (χ2n) is 6.38. The highest BCUT2D eigenvalue weighted by atomic mass is 35.5. The summed E-state index contributed by atoms with van der Waals surface area (Å²) >= 11 is 6.38. The molecule has 0 saturated heterocycles. The minimum absolute atomic E-state index is 0.0288. The molecule has 20 heavy (non-hydrogen) atoms. The van der Waals surface area contributed by atoms with Crippen LogP contribution in [0.1, 0.15) is 33.1 Å². The van der Waals surface area contributed by atoms with Crippen LogP contribution in [0.2, 0.25) is 5.02 Å². The Bertz CT molecular complexity index is 542. The predicted octanol–water partition coefficient (Wildman–Crippen LogP) is 3.67. The maximum atomic E-state index is 6.38. The summed E-state index contributed by atoms with van der Waals surface area (Å²) in [5.41, 5.74) is 7.21. The van der Waals surface area contributed by atoms with Gasteiger partial charge in [0, 0.05) is 0 Å². The molecule has 0 amide bonds. The largest absolute Gasteiger partial charge is 0.369 e. The van der Waals surface area contributed by atoms with Crippen molar-refractivity contribution in [2.24, 2.45) is 22.6 Å². The molecule has 0 bridgehead atoms. The highest BCUT2D eigenvalue weighted by Gasteiger charge is 2.47. The van der Waals surface area contributed by atoms with E-state index >= 15 is 0 Å². The molecule has 1 aliphatic carbocycles. The van der Waals surface area contributed by atoms with Gasteiger partial charge in [-0.15, -0.1) is 0 Å². The summed E-state index contributed by atoms with van der Waals surface area (Å²) in [6.45, 7) is 5.47. The molecule has 1 aliphatic heterocycles. The number of rotatable bonds is 1. The molecule has 2 N–H and O–H groups in total. The van der Waals surface area contributed by atoms with E-state index in [4.69, 9.17) is 17.3 Å². The van der Waals surface area contributed by atoms with Gasteiger partial charge in [-0.05, 0) is 43.2 Å². The number of para-hydroxylation sites is 1. The maximum absolute atomic E-state index is 6.38. The summed E-state index contributed by atoms with van der Waals surface area (Å²) in [6.07, 6.45) is 3.49. The number of hydrogen-bond acceptors (Lipinski definition) is 3. The lowest BCUT2D eigenvalue weighted by atomic mass is 9.70. The highest BCUT2D eigenvalue weighted by molar-refractivity contribution is 6.34. The fourth-order valence-electron chi connectivity index (χ4n) is 3.65. The Morgan fingerprint density at radius 3 is 2.75 bits per heavy atom. The summed E-state index contributed by atoms with van der Waals surface area (Å²) in [5, 5.41) is 0.748. The van der Waals surface area contributed by atoms with Gasteiger partial charge in [-0.1, -0.05) is 37.6 Å². The van der Waals surface area contributed by atoms with Crippen LogP contribution in [0.25, 0.3) is 0 Å². The van der Waals surface area contributed by atoms with E-state index in [0.29, 0.717) is 11.9 Å². The first-order valence-electron chi connectivity index (χ1n) is 7.38. The summed E-state index contributed by atoms with van der Waals surface area (Å²) in [6, 6.07) is 7.93. The van der Waals surface area contributed by atoms with Gasteiger partial charge < -0.3 is 10.6 Å². The lowest BCUT2D eigenvalue weighted by molar-refractivity contribution is 0.189. The lowest BCUT2D eigenvalue weighted by Gasteiger charge is -2.46. The van der Waals surface area contributed by atoms with Crippen molar-refractivity contribution in [3.8, 4) is 0 Å². The third-order valence-corrected chi connectivity index (χ3v) is 5.39. The second-order valence-corrected chi connectivity index (χ2v) is 6.79. The van der Waals surface area contributed by atoms with E-state index in [-0.39, 0.29) is 5.54 Å². The van der Waals surface area contributed by atoms with Gasteiger partial charge in [-0.3, -0.25) is 4.99 Å². The minimum Gasteiger partial charge on any atom is -0.369 e. The van der Waals surface area contributed by atoms with Crippen LogP contribution >= 0.6 is 11.6 Å². The molecule has 3 nitrogen and oxygen atoms in total. The number of hydrogen-bond donors (Lipinski definition) is 1. The SMILES string of the molecule is CC1CCC2(CN=C(N)N2c2ccccc2Cl)CC1C. The van der Waals surface area contributed by atoms with E-state index in [0.717, 1.165) is 36.0 Å². The maximum Gasteiger partial charge on any atom is 0.196 e. The van der Waals surface area contributed by atoms with Crippen molar-refractivity contribution in [1.82, 2.24) is 0 Å². The molecule has 1 saturated carbocycles. The number of nitrogens with zero attached hydrogens (tertiary/aromatic N) is 2. The van der Waals surface area contributed by atoms with E-state index < -0.39 is 0 Å². The molecule has 1 aromatic rings. The summed E-state index contributed by atoms with van der Waals surface area (Å²) in [7, 11) is 0. The van der Waals surface area contributed by atoms with Gasteiger partial charge >= 0.3 is 0 Å². The Morgan fingerprint density at radius 1 is 1.30 bits per heavy atom. The van der Waals surface area contributed by atoms with Crippen molar-refractivity contribution < 1.29 is 0 Å². The zero-order valence-electron chi connectivity index (χ0n) is 12.1. The molecule has 1 spiro atoms. The number of guanidine groups is 1. The Kier molecular flexibility index (Phi) is 3.41. The summed E-state index contributed by atoms with van der Waals surface area (Å²) in [5.74, 6) is 2.07. The van der Waals surface area contributed by atoms with E-state index in [1.807, 2.05) is 24.3 Å². The van der Waals surface area contributed by atoms with E-state index in [2.05, 4.69) is 23.7 Å². The molecule has 1 aromatic carbocycles. The van der Waals surface area contributed by atoms with Crippen molar-refractivity contribution in [2.75, 3.05) is 11.4 Å². The monoisotopic (exact) mass is 291 g/mol. The zero-order chi connectivity index (χ0) is 14.3. The summed E-state index contributed by atoms with van der Waals surface area (Å²) < 4.78 is 0. The predicted molar refractivity (Wildman–Crippen MR) is 85.3 cm³/mol. The lowest BCUT2D eigenvalue weighted by Crippen LogP contribution is -2.55. The number of anilines is 1. The number of nitrogens with two attached hydrogens (primary N) is 1. The number of benzene rings is 1. The van der Waals surface area contributed by atoms with Crippen LogP contribution in [0.15, 0.2) is 29.3 Å². The van der Waals surface area contributed by atoms with Gasteiger partial charge in [0.25, 0.3) is 0 Å². The second kappa shape index (κ2) is 4.96. The van der Waals surface area contributed by atoms with Crippen molar-refractivity contribution in [1.29, 1.82) is 0 Å². The van der Waals surface area contributed by atoms with E-state index in [1.165, 1.54) is 6.42 Å². The van der Waals surface area contributed by atoms with Crippen molar-refractivity contribution >= 4 is 23.2 Å². The zero-order valence-corrected chi connectivity index (χ0v) is 12.9. The van der Waals surface area contributed by atoms with Crippen LogP contribution < -0.4 is 10.6 Å². The van der Waals surface area contributed by atoms with Gasteiger partial charge in [-0.2, -0.15) is 0 Å². The molecular weight excluding hydrogens is 270 g/mol. The molecule has 0 radical (unpaired) electrons. The van der Waals surface area contributed by atoms with Gasteiger partial charge in [-0.25, -0.2) is 0 Å². The fourth-order valence-corrected chi connectivity index (χ4v) is 3.87. The first-order chi connectivity index (χ1) is 9.53. The average molecular weight is 292 g/mol. The molecular formula is C16H22ClN3. The van der Waals surface area contributed by atoms with Crippen LogP contribution in [0.4, 0.5) is 5.69 Å². The molecule has 3 unspecified atom stereocenters. The van der Waals surface area contributed by atoms with Crippen molar-refractivity contribution in [2.45, 2.75) is 38.6 Å². The molecule has 4 heteroatoms. The average Bonchev–Trinajstić information content (AvgIpc) is 2.73. The fraction of sp³-hybridized carbons (Fsp3) is 0.562. The quantitative estimate of drug-likeness (QED) is 0.858. The van der Waals surface area contributed by atoms with Gasteiger partial charge in [0.2, 0.25) is 0 Å². The van der Waals surface area contributed by atoms with Crippen LogP contribution in [0.5, 0.6) is 0 Å². The van der Waals surface area contributed by atoms with Crippen LogP contribution in [-0.2, 0) is 0 Å². The van der Waals surface area contributed by atoms with Gasteiger partial charge in [0.1, 0.15) is 0 Å². The Hall–Kier alpha value is -1.22. The highest BCUT2D eigenvalue weighted by Crippen LogP contribution is 2.45. The molecule has 3 rings (SSSR count). The number of halogens is 1. The number of aliphatic imine (C=N–C) groups is 1. The topological polar surface area (TPSA) is 41.6 Å². The Morgan fingerprint density at radius 2 is 2.05 bits per heavy atom. The molecule has 108 valence electrons. The minimum atomic E-state index is 0.0288. The molecule has 3 atom stereocenters. The summed E-state index contributed by atoms with van der Waals surface area (Å²) in [4.78, 5) is 6.73. The normalized spacial score (nSPS) is 33.5. The molecule has 0 aromatic heterocycles. The third kappa shape index (κ3) is 2.08. The Balaban J connectivity index is 1.99. The molecule has 1 heterocycles. The van der Waals surface area contributed by atoms with Crippen molar-refractivity contribution in [3.63, 3.8) is 0 Å². The van der Waals surface area contributed by atoms with Crippen LogP contribution in [0.3, 0.4) is 0 Å².